The van der Waals surface area contributed by atoms with Gasteiger partial charge in [0.05, 0.1) is 13.0 Å². The van der Waals surface area contributed by atoms with Crippen LogP contribution >= 0.6 is 0 Å². The van der Waals surface area contributed by atoms with Crippen molar-refractivity contribution in [1.82, 2.24) is 10.2 Å². The predicted molar refractivity (Wildman–Crippen MR) is 79.8 cm³/mol. The Morgan fingerprint density at radius 3 is 2.91 bits per heavy atom. The quantitative estimate of drug-likeness (QED) is 0.925. The monoisotopic (exact) mass is 308 g/mol. The molecule has 0 aliphatic carbocycles. The van der Waals surface area contributed by atoms with Crippen molar-refractivity contribution in [3.05, 3.63) is 35.6 Å². The van der Waals surface area contributed by atoms with Crippen LogP contribution in [0.5, 0.6) is 0 Å². The number of amides is 2. The SMILES string of the molecule is COC(=O)N1CCCC(C(=O)NCCc2ccccc2F)C1. The molecule has 1 aromatic carbocycles. The molecule has 0 radical (unpaired) electrons. The van der Waals surface area contributed by atoms with Gasteiger partial charge in [0.1, 0.15) is 5.82 Å². The summed E-state index contributed by atoms with van der Waals surface area (Å²) in [5.74, 6) is -0.579. The number of hydrogen-bond acceptors (Lipinski definition) is 3. The smallest absolute Gasteiger partial charge is 0.409 e. The number of piperidine rings is 1. The summed E-state index contributed by atoms with van der Waals surface area (Å²) in [6.45, 7) is 1.37. The topological polar surface area (TPSA) is 58.6 Å². The van der Waals surface area contributed by atoms with Crippen LogP contribution in [0.4, 0.5) is 9.18 Å². The van der Waals surface area contributed by atoms with Gasteiger partial charge < -0.3 is 15.0 Å². The second-order valence-electron chi connectivity index (χ2n) is 5.39. The summed E-state index contributed by atoms with van der Waals surface area (Å²) in [5, 5.41) is 2.82. The number of likely N-dealkylation sites (tertiary alicyclic amines) is 1. The average molecular weight is 308 g/mol. The van der Waals surface area contributed by atoms with E-state index in [9.17, 15) is 14.0 Å². The third-order valence-corrected chi connectivity index (χ3v) is 3.88. The Bertz CT molecular complexity index is 536. The molecular weight excluding hydrogens is 287 g/mol. The van der Waals surface area contributed by atoms with Gasteiger partial charge in [-0.3, -0.25) is 4.79 Å². The van der Waals surface area contributed by atoms with Crippen LogP contribution in [0.15, 0.2) is 24.3 Å². The molecule has 1 heterocycles. The van der Waals surface area contributed by atoms with Gasteiger partial charge >= 0.3 is 6.09 Å². The second kappa shape index (κ2) is 7.77. The maximum Gasteiger partial charge on any atom is 0.409 e. The Kier molecular flexibility index (Phi) is 5.75. The van der Waals surface area contributed by atoms with E-state index in [1.165, 1.54) is 13.2 Å². The normalized spacial score (nSPS) is 17.9. The number of hydrogen-bond donors (Lipinski definition) is 1. The predicted octanol–water partition coefficient (Wildman–Crippen LogP) is 1.96. The van der Waals surface area contributed by atoms with Crippen molar-refractivity contribution < 1.29 is 18.7 Å². The lowest BCUT2D eigenvalue weighted by atomic mass is 9.97. The van der Waals surface area contributed by atoms with Gasteiger partial charge in [-0.25, -0.2) is 9.18 Å². The molecule has 6 heteroatoms. The zero-order chi connectivity index (χ0) is 15.9. The van der Waals surface area contributed by atoms with E-state index in [-0.39, 0.29) is 17.6 Å². The van der Waals surface area contributed by atoms with Gasteiger partial charge in [0.25, 0.3) is 0 Å². The number of carbonyl (C=O) groups is 2. The van der Waals surface area contributed by atoms with Crippen molar-refractivity contribution >= 4 is 12.0 Å². The lowest BCUT2D eigenvalue weighted by molar-refractivity contribution is -0.126. The van der Waals surface area contributed by atoms with Crippen molar-refractivity contribution in [2.24, 2.45) is 5.92 Å². The number of nitrogens with zero attached hydrogens (tertiary/aromatic N) is 1. The molecule has 1 aliphatic heterocycles. The Balaban J connectivity index is 1.79. The summed E-state index contributed by atoms with van der Waals surface area (Å²) in [6, 6.07) is 6.53. The number of ether oxygens (including phenoxy) is 1. The molecule has 1 aromatic rings. The molecule has 1 fully saturated rings. The Labute approximate surface area is 129 Å². The molecule has 1 N–H and O–H groups in total. The van der Waals surface area contributed by atoms with Crippen molar-refractivity contribution in [1.29, 1.82) is 0 Å². The van der Waals surface area contributed by atoms with Gasteiger partial charge in [-0.2, -0.15) is 0 Å². The molecular formula is C16H21FN2O3. The van der Waals surface area contributed by atoms with Gasteiger partial charge in [-0.15, -0.1) is 0 Å². The van der Waals surface area contributed by atoms with Gasteiger partial charge in [-0.1, -0.05) is 18.2 Å². The van der Waals surface area contributed by atoms with Crippen LogP contribution < -0.4 is 5.32 Å². The Hall–Kier alpha value is -2.11. The summed E-state index contributed by atoms with van der Waals surface area (Å²) in [7, 11) is 1.33. The lowest BCUT2D eigenvalue weighted by Gasteiger charge is -2.30. The molecule has 120 valence electrons. The molecule has 0 spiro atoms. The zero-order valence-corrected chi connectivity index (χ0v) is 12.7. The van der Waals surface area contributed by atoms with Crippen molar-refractivity contribution in [3.63, 3.8) is 0 Å². The van der Waals surface area contributed by atoms with E-state index in [0.29, 0.717) is 31.6 Å². The van der Waals surface area contributed by atoms with Crippen LogP contribution in [-0.4, -0.2) is 43.6 Å². The van der Waals surface area contributed by atoms with E-state index in [1.54, 1.807) is 23.1 Å². The van der Waals surface area contributed by atoms with Crippen LogP contribution in [0.3, 0.4) is 0 Å². The molecule has 0 aromatic heterocycles. The second-order valence-corrected chi connectivity index (χ2v) is 5.39. The fraction of sp³-hybridized carbons (Fsp3) is 0.500. The molecule has 2 rings (SSSR count). The van der Waals surface area contributed by atoms with Gasteiger partial charge in [0, 0.05) is 19.6 Å². The number of nitrogens with one attached hydrogen (secondary N) is 1. The maximum absolute atomic E-state index is 13.5. The number of methoxy groups -OCH3 is 1. The average Bonchev–Trinajstić information content (AvgIpc) is 2.56. The summed E-state index contributed by atoms with van der Waals surface area (Å²) < 4.78 is 18.2. The number of benzene rings is 1. The van der Waals surface area contributed by atoms with E-state index < -0.39 is 6.09 Å². The first-order valence-electron chi connectivity index (χ1n) is 7.46. The molecule has 1 aliphatic rings. The largest absolute Gasteiger partial charge is 0.453 e. The molecule has 1 saturated heterocycles. The minimum atomic E-state index is -0.399. The Morgan fingerprint density at radius 2 is 2.18 bits per heavy atom. The van der Waals surface area contributed by atoms with E-state index in [0.717, 1.165) is 12.8 Å². The summed E-state index contributed by atoms with van der Waals surface area (Å²) in [5.41, 5.74) is 0.586. The first-order chi connectivity index (χ1) is 10.6. The molecule has 5 nitrogen and oxygen atoms in total. The highest BCUT2D eigenvalue weighted by molar-refractivity contribution is 5.80. The molecule has 22 heavy (non-hydrogen) atoms. The van der Waals surface area contributed by atoms with Gasteiger partial charge in [0.15, 0.2) is 0 Å². The summed E-state index contributed by atoms with van der Waals surface area (Å²) >= 11 is 0. The van der Waals surface area contributed by atoms with E-state index >= 15 is 0 Å². The van der Waals surface area contributed by atoms with E-state index in [4.69, 9.17) is 0 Å². The van der Waals surface area contributed by atoms with E-state index in [1.807, 2.05) is 0 Å². The third kappa shape index (κ3) is 4.19. The third-order valence-electron chi connectivity index (χ3n) is 3.88. The number of halogens is 1. The van der Waals surface area contributed by atoms with Crippen molar-refractivity contribution in [2.45, 2.75) is 19.3 Å². The summed E-state index contributed by atoms with van der Waals surface area (Å²) in [4.78, 5) is 25.2. The number of rotatable bonds is 4. The number of carbonyl (C=O) groups excluding carboxylic acids is 2. The minimum absolute atomic E-state index is 0.0926. The van der Waals surface area contributed by atoms with Crippen molar-refractivity contribution in [2.75, 3.05) is 26.7 Å². The van der Waals surface area contributed by atoms with Crippen LogP contribution in [0, 0.1) is 11.7 Å². The molecule has 1 atom stereocenters. The summed E-state index contributed by atoms with van der Waals surface area (Å²) in [6.07, 6.45) is 1.58. The first-order valence-corrected chi connectivity index (χ1v) is 7.46. The highest BCUT2D eigenvalue weighted by Gasteiger charge is 2.28. The van der Waals surface area contributed by atoms with Gasteiger partial charge in [0.2, 0.25) is 5.91 Å². The van der Waals surface area contributed by atoms with E-state index in [2.05, 4.69) is 10.1 Å². The lowest BCUT2D eigenvalue weighted by Crippen LogP contribution is -2.45. The molecule has 0 saturated carbocycles. The fourth-order valence-corrected chi connectivity index (χ4v) is 2.65. The van der Waals surface area contributed by atoms with Crippen molar-refractivity contribution in [3.8, 4) is 0 Å². The standard InChI is InChI=1S/C16H21FN2O3/c1-22-16(21)19-10-4-6-13(11-19)15(20)18-9-8-12-5-2-3-7-14(12)17/h2-3,5,7,13H,4,6,8-11H2,1H3,(H,18,20). The maximum atomic E-state index is 13.5. The first kappa shape index (κ1) is 16.3. The van der Waals surface area contributed by atoms with Gasteiger partial charge in [-0.05, 0) is 30.9 Å². The fourth-order valence-electron chi connectivity index (χ4n) is 2.65. The van der Waals surface area contributed by atoms with Crippen LogP contribution in [-0.2, 0) is 16.0 Å². The van der Waals surface area contributed by atoms with Crippen LogP contribution in [0.2, 0.25) is 0 Å². The molecule has 0 bridgehead atoms. The minimum Gasteiger partial charge on any atom is -0.453 e. The highest BCUT2D eigenvalue weighted by Crippen LogP contribution is 2.17. The zero-order valence-electron chi connectivity index (χ0n) is 12.7. The van der Waals surface area contributed by atoms with Crippen LogP contribution in [0.1, 0.15) is 18.4 Å². The Morgan fingerprint density at radius 1 is 1.41 bits per heavy atom. The molecule has 2 amide bonds. The van der Waals surface area contributed by atoms with Crippen LogP contribution in [0.25, 0.3) is 0 Å². The highest BCUT2D eigenvalue weighted by atomic mass is 19.1. The molecule has 1 unspecified atom stereocenters.